The summed E-state index contributed by atoms with van der Waals surface area (Å²) < 4.78 is 6.34. The number of methoxy groups -OCH3 is 1. The van der Waals surface area contributed by atoms with E-state index in [0.717, 1.165) is 0 Å². The fourth-order valence-corrected chi connectivity index (χ4v) is 2.42. The molecule has 0 N–H and O–H groups in total. The minimum Gasteiger partial charge on any atom is -0.468 e. The molecule has 17 heavy (non-hydrogen) atoms. The number of ether oxygens (including phenoxy) is 1. The van der Waals surface area contributed by atoms with Gasteiger partial charge in [-0.1, -0.05) is 12.1 Å². The summed E-state index contributed by atoms with van der Waals surface area (Å²) in [5.41, 5.74) is 0.0491. The lowest BCUT2D eigenvalue weighted by molar-refractivity contribution is -0.387. The van der Waals surface area contributed by atoms with Gasteiger partial charge in [0.2, 0.25) is 0 Å². The van der Waals surface area contributed by atoms with Crippen molar-refractivity contribution < 1.29 is 14.5 Å². The van der Waals surface area contributed by atoms with Gasteiger partial charge in [-0.25, -0.2) is 4.31 Å². The molecule has 1 aromatic rings. The highest BCUT2D eigenvalue weighted by atomic mass is 32.2. The van der Waals surface area contributed by atoms with Crippen LogP contribution in [0.5, 0.6) is 0 Å². The van der Waals surface area contributed by atoms with Crippen LogP contribution in [0.25, 0.3) is 0 Å². The van der Waals surface area contributed by atoms with Gasteiger partial charge in [-0.2, -0.15) is 0 Å². The van der Waals surface area contributed by atoms with Gasteiger partial charge in [-0.3, -0.25) is 14.9 Å². The Morgan fingerprint density at radius 1 is 1.59 bits per heavy atom. The molecule has 1 heterocycles. The van der Waals surface area contributed by atoms with Crippen molar-refractivity contribution in [1.82, 2.24) is 4.31 Å². The molecule has 1 aromatic carbocycles. The summed E-state index contributed by atoms with van der Waals surface area (Å²) in [6.45, 7) is 0.559. The van der Waals surface area contributed by atoms with Crippen molar-refractivity contribution in [2.24, 2.45) is 0 Å². The Hall–Kier alpha value is -1.60. The third kappa shape index (κ3) is 2.56. The first-order valence-corrected chi connectivity index (χ1v) is 5.66. The zero-order valence-corrected chi connectivity index (χ0v) is 9.85. The molecular weight excluding hydrogens is 244 g/mol. The van der Waals surface area contributed by atoms with Crippen LogP contribution < -0.4 is 0 Å². The van der Waals surface area contributed by atoms with Crippen molar-refractivity contribution in [3.63, 3.8) is 0 Å². The van der Waals surface area contributed by atoms with E-state index in [0.29, 0.717) is 11.4 Å². The SMILES string of the molecule is COC(=O)C1CN1Sc1ccccc1[N+](=O)[O-]. The molecule has 1 aliphatic rings. The van der Waals surface area contributed by atoms with Crippen molar-refractivity contribution in [3.8, 4) is 0 Å². The quantitative estimate of drug-likeness (QED) is 0.266. The molecule has 7 heteroatoms. The van der Waals surface area contributed by atoms with Gasteiger partial charge >= 0.3 is 5.97 Å². The van der Waals surface area contributed by atoms with Crippen LogP contribution in [0, 0.1) is 10.1 Å². The normalized spacial score (nSPS) is 21.9. The van der Waals surface area contributed by atoms with Gasteiger partial charge in [0.25, 0.3) is 5.69 Å². The summed E-state index contributed by atoms with van der Waals surface area (Å²) >= 11 is 1.21. The Balaban J connectivity index is 2.06. The average Bonchev–Trinajstić information content (AvgIpc) is 3.08. The monoisotopic (exact) mass is 254 g/mol. The van der Waals surface area contributed by atoms with Crippen LogP contribution in [-0.2, 0) is 9.53 Å². The van der Waals surface area contributed by atoms with Gasteiger partial charge in [0, 0.05) is 12.6 Å². The molecule has 0 radical (unpaired) electrons. The van der Waals surface area contributed by atoms with Gasteiger partial charge in [0.15, 0.2) is 0 Å². The number of nitrogens with zero attached hydrogens (tertiary/aromatic N) is 2. The molecule has 2 atom stereocenters. The Labute approximate surface area is 102 Å². The third-order valence-corrected chi connectivity index (χ3v) is 3.50. The van der Waals surface area contributed by atoms with Crippen LogP contribution in [0.2, 0.25) is 0 Å². The molecule has 6 nitrogen and oxygen atoms in total. The zero-order chi connectivity index (χ0) is 12.4. The molecule has 90 valence electrons. The van der Waals surface area contributed by atoms with E-state index < -0.39 is 4.92 Å². The molecule has 0 aliphatic carbocycles. The van der Waals surface area contributed by atoms with Crippen molar-refractivity contribution in [2.45, 2.75) is 10.9 Å². The second-order valence-corrected chi connectivity index (χ2v) is 4.55. The van der Waals surface area contributed by atoms with Gasteiger partial charge in [0.1, 0.15) is 10.9 Å². The number of esters is 1. The maximum atomic E-state index is 11.2. The van der Waals surface area contributed by atoms with Gasteiger partial charge in [0.05, 0.1) is 12.0 Å². The number of carbonyl (C=O) groups excluding carboxylic acids is 1. The lowest BCUT2D eigenvalue weighted by atomic mass is 10.3. The molecule has 0 amide bonds. The first-order valence-electron chi connectivity index (χ1n) is 4.89. The Morgan fingerprint density at radius 3 is 2.94 bits per heavy atom. The highest BCUT2D eigenvalue weighted by molar-refractivity contribution is 7.97. The van der Waals surface area contributed by atoms with E-state index in [1.807, 2.05) is 0 Å². The van der Waals surface area contributed by atoms with Crippen LogP contribution in [0.15, 0.2) is 29.2 Å². The summed E-state index contributed by atoms with van der Waals surface area (Å²) in [7, 11) is 1.33. The molecule has 1 saturated heterocycles. The standard InChI is InChI=1S/C10H10N2O4S/c1-16-10(13)8-6-11(8)17-9-5-3-2-4-7(9)12(14)15/h2-5,8H,6H2,1H3. The number of carbonyl (C=O) groups is 1. The molecule has 2 unspecified atom stereocenters. The fraction of sp³-hybridized carbons (Fsp3) is 0.300. The number of para-hydroxylation sites is 1. The number of rotatable bonds is 4. The Bertz CT molecular complexity index is 465. The van der Waals surface area contributed by atoms with E-state index in [1.54, 1.807) is 22.5 Å². The number of nitro benzene ring substituents is 1. The second-order valence-electron chi connectivity index (χ2n) is 3.45. The highest BCUT2D eigenvalue weighted by Crippen LogP contribution is 2.38. The zero-order valence-electron chi connectivity index (χ0n) is 9.03. The van der Waals surface area contributed by atoms with Crippen molar-refractivity contribution in [1.29, 1.82) is 0 Å². The minimum atomic E-state index is -0.432. The fourth-order valence-electron chi connectivity index (χ4n) is 1.36. The van der Waals surface area contributed by atoms with Gasteiger partial charge < -0.3 is 4.74 Å². The second kappa shape index (κ2) is 4.72. The molecule has 0 aromatic heterocycles. The van der Waals surface area contributed by atoms with Crippen molar-refractivity contribution in [3.05, 3.63) is 34.4 Å². The van der Waals surface area contributed by atoms with Crippen molar-refractivity contribution >= 4 is 23.6 Å². The summed E-state index contributed by atoms with van der Waals surface area (Å²) in [5, 5.41) is 10.8. The van der Waals surface area contributed by atoms with E-state index >= 15 is 0 Å². The van der Waals surface area contributed by atoms with Crippen molar-refractivity contribution in [2.75, 3.05) is 13.7 Å². The maximum Gasteiger partial charge on any atom is 0.325 e. The molecular formula is C10H10N2O4S. The predicted octanol–water partition coefficient (Wildman–Crippen LogP) is 1.46. The van der Waals surface area contributed by atoms with Crippen LogP contribution in [0.1, 0.15) is 0 Å². The first-order chi connectivity index (χ1) is 8.13. The van der Waals surface area contributed by atoms with Crippen LogP contribution in [-0.4, -0.2) is 34.9 Å². The summed E-state index contributed by atoms with van der Waals surface area (Å²) in [6, 6.07) is 6.16. The lowest BCUT2D eigenvalue weighted by Crippen LogP contribution is -2.11. The smallest absolute Gasteiger partial charge is 0.325 e. The minimum absolute atomic E-state index is 0.0491. The Morgan fingerprint density at radius 2 is 2.29 bits per heavy atom. The molecule has 1 aliphatic heterocycles. The van der Waals surface area contributed by atoms with Crippen LogP contribution in [0.3, 0.4) is 0 Å². The van der Waals surface area contributed by atoms with E-state index in [2.05, 4.69) is 4.74 Å². The topological polar surface area (TPSA) is 72.5 Å². The maximum absolute atomic E-state index is 11.2. The van der Waals surface area contributed by atoms with E-state index in [1.165, 1.54) is 25.1 Å². The van der Waals surface area contributed by atoms with E-state index in [4.69, 9.17) is 0 Å². The van der Waals surface area contributed by atoms with Crippen LogP contribution in [0.4, 0.5) is 5.69 Å². The average molecular weight is 254 g/mol. The summed E-state index contributed by atoms with van der Waals surface area (Å²) in [6.07, 6.45) is 0. The number of hydrogen-bond acceptors (Lipinski definition) is 6. The lowest BCUT2D eigenvalue weighted by Gasteiger charge is -2.03. The molecule has 1 fully saturated rings. The highest BCUT2D eigenvalue weighted by Gasteiger charge is 2.43. The van der Waals surface area contributed by atoms with Gasteiger partial charge in [-0.05, 0) is 18.0 Å². The third-order valence-electron chi connectivity index (χ3n) is 2.32. The molecule has 0 bridgehead atoms. The first kappa shape index (κ1) is 11.9. The number of benzene rings is 1. The largest absolute Gasteiger partial charge is 0.468 e. The number of hydrogen-bond donors (Lipinski definition) is 0. The van der Waals surface area contributed by atoms with E-state index in [9.17, 15) is 14.9 Å². The summed E-state index contributed by atoms with van der Waals surface area (Å²) in [5.74, 6) is -0.309. The van der Waals surface area contributed by atoms with E-state index in [-0.39, 0.29) is 17.7 Å². The van der Waals surface area contributed by atoms with Gasteiger partial charge in [-0.15, -0.1) is 0 Å². The Kier molecular flexibility index (Phi) is 3.30. The predicted molar refractivity (Wildman–Crippen MR) is 61.5 cm³/mol. The summed E-state index contributed by atoms with van der Waals surface area (Å²) in [4.78, 5) is 22.1. The van der Waals surface area contributed by atoms with Crippen LogP contribution >= 0.6 is 11.9 Å². The molecule has 2 rings (SSSR count). The molecule has 0 saturated carbocycles. The molecule has 0 spiro atoms. The number of nitro groups is 1.